The SMILES string of the molecule is O=C(O)CCc1csc(-c2cc(F)cc(Br)c2)n1. The maximum atomic E-state index is 13.2. The van der Waals surface area contributed by atoms with Gasteiger partial charge in [0.2, 0.25) is 0 Å². The average molecular weight is 330 g/mol. The fourth-order valence-electron chi connectivity index (χ4n) is 1.47. The third kappa shape index (κ3) is 3.36. The van der Waals surface area contributed by atoms with E-state index in [0.29, 0.717) is 21.5 Å². The molecule has 2 rings (SSSR count). The van der Waals surface area contributed by atoms with Gasteiger partial charge in [-0.05, 0) is 18.2 Å². The van der Waals surface area contributed by atoms with Gasteiger partial charge in [-0.25, -0.2) is 9.37 Å². The van der Waals surface area contributed by atoms with Gasteiger partial charge in [0, 0.05) is 21.8 Å². The number of rotatable bonds is 4. The smallest absolute Gasteiger partial charge is 0.303 e. The second-order valence-corrected chi connectivity index (χ2v) is 5.47. The fraction of sp³-hybridized carbons (Fsp3) is 0.167. The number of aromatic nitrogens is 1. The first kappa shape index (κ1) is 13.2. The van der Waals surface area contributed by atoms with E-state index in [0.717, 1.165) is 5.69 Å². The Balaban J connectivity index is 2.21. The Morgan fingerprint density at radius 1 is 1.44 bits per heavy atom. The summed E-state index contributed by atoms with van der Waals surface area (Å²) >= 11 is 4.61. The van der Waals surface area contributed by atoms with Gasteiger partial charge in [-0.1, -0.05) is 15.9 Å². The number of hydrogen-bond donors (Lipinski definition) is 1. The van der Waals surface area contributed by atoms with Gasteiger partial charge in [0.15, 0.2) is 0 Å². The lowest BCUT2D eigenvalue weighted by Crippen LogP contribution is -1.97. The average Bonchev–Trinajstić information content (AvgIpc) is 2.73. The van der Waals surface area contributed by atoms with E-state index in [9.17, 15) is 9.18 Å². The molecule has 1 aromatic carbocycles. The fourth-order valence-corrected chi connectivity index (χ4v) is 2.77. The maximum absolute atomic E-state index is 13.2. The third-order valence-corrected chi connectivity index (χ3v) is 3.65. The van der Waals surface area contributed by atoms with Crippen LogP contribution in [0, 0.1) is 5.82 Å². The van der Waals surface area contributed by atoms with Crippen LogP contribution in [-0.2, 0) is 11.2 Å². The van der Waals surface area contributed by atoms with Crippen LogP contribution in [0.1, 0.15) is 12.1 Å². The van der Waals surface area contributed by atoms with Crippen LogP contribution >= 0.6 is 27.3 Å². The lowest BCUT2D eigenvalue weighted by molar-refractivity contribution is -0.136. The summed E-state index contributed by atoms with van der Waals surface area (Å²) in [6.45, 7) is 0. The zero-order chi connectivity index (χ0) is 13.1. The molecule has 0 fully saturated rings. The predicted octanol–water partition coefficient (Wildman–Crippen LogP) is 3.73. The summed E-state index contributed by atoms with van der Waals surface area (Å²) in [4.78, 5) is 14.8. The predicted molar refractivity (Wildman–Crippen MR) is 71.2 cm³/mol. The van der Waals surface area contributed by atoms with Crippen molar-refractivity contribution >= 4 is 33.2 Å². The number of carboxylic acids is 1. The Morgan fingerprint density at radius 3 is 2.89 bits per heavy atom. The van der Waals surface area contributed by atoms with E-state index in [4.69, 9.17) is 5.11 Å². The molecule has 0 spiro atoms. The number of aliphatic carboxylic acids is 1. The number of hydrogen-bond acceptors (Lipinski definition) is 3. The second-order valence-electron chi connectivity index (χ2n) is 3.70. The molecule has 0 saturated heterocycles. The molecule has 18 heavy (non-hydrogen) atoms. The molecular weight excluding hydrogens is 321 g/mol. The molecule has 0 radical (unpaired) electrons. The highest BCUT2D eigenvalue weighted by atomic mass is 79.9. The van der Waals surface area contributed by atoms with Crippen molar-refractivity contribution in [1.82, 2.24) is 4.98 Å². The van der Waals surface area contributed by atoms with Gasteiger partial charge in [0.1, 0.15) is 10.8 Å². The number of benzene rings is 1. The van der Waals surface area contributed by atoms with Crippen molar-refractivity contribution in [3.8, 4) is 10.6 Å². The van der Waals surface area contributed by atoms with Crippen molar-refractivity contribution in [1.29, 1.82) is 0 Å². The summed E-state index contributed by atoms with van der Waals surface area (Å²) in [5, 5.41) is 11.1. The summed E-state index contributed by atoms with van der Waals surface area (Å²) in [6, 6.07) is 4.57. The van der Waals surface area contributed by atoms with Gasteiger partial charge >= 0.3 is 5.97 Å². The first-order valence-corrected chi connectivity index (χ1v) is 6.84. The molecule has 6 heteroatoms. The van der Waals surface area contributed by atoms with E-state index in [2.05, 4.69) is 20.9 Å². The van der Waals surface area contributed by atoms with E-state index in [1.807, 2.05) is 0 Å². The topological polar surface area (TPSA) is 50.2 Å². The number of carbonyl (C=O) groups is 1. The normalized spacial score (nSPS) is 10.6. The largest absolute Gasteiger partial charge is 0.481 e. The van der Waals surface area contributed by atoms with Crippen molar-refractivity contribution in [2.24, 2.45) is 0 Å². The Bertz CT molecular complexity index is 565. The Kier molecular flexibility index (Phi) is 4.08. The van der Waals surface area contributed by atoms with E-state index < -0.39 is 5.97 Å². The molecule has 0 bridgehead atoms. The maximum Gasteiger partial charge on any atom is 0.303 e. The Morgan fingerprint density at radius 2 is 2.22 bits per heavy atom. The van der Waals surface area contributed by atoms with Crippen LogP contribution in [0.2, 0.25) is 0 Å². The Hall–Kier alpha value is -1.27. The highest BCUT2D eigenvalue weighted by Gasteiger charge is 2.08. The zero-order valence-corrected chi connectivity index (χ0v) is 11.6. The molecule has 0 saturated carbocycles. The van der Waals surface area contributed by atoms with Crippen LogP contribution < -0.4 is 0 Å². The summed E-state index contributed by atoms with van der Waals surface area (Å²) in [7, 11) is 0. The van der Waals surface area contributed by atoms with Crippen LogP contribution in [-0.4, -0.2) is 16.1 Å². The second kappa shape index (κ2) is 5.58. The first-order chi connectivity index (χ1) is 8.54. The summed E-state index contributed by atoms with van der Waals surface area (Å²) in [5.74, 6) is -1.18. The molecular formula is C12H9BrFNO2S. The van der Waals surface area contributed by atoms with Crippen molar-refractivity contribution in [2.45, 2.75) is 12.8 Å². The van der Waals surface area contributed by atoms with Crippen molar-refractivity contribution in [2.75, 3.05) is 0 Å². The molecule has 0 amide bonds. The van der Waals surface area contributed by atoms with Gasteiger partial charge in [-0.2, -0.15) is 0 Å². The number of halogens is 2. The highest BCUT2D eigenvalue weighted by molar-refractivity contribution is 9.10. The molecule has 0 aliphatic carbocycles. The number of nitrogens with zero attached hydrogens (tertiary/aromatic N) is 1. The summed E-state index contributed by atoms with van der Waals surface area (Å²) < 4.78 is 13.9. The van der Waals surface area contributed by atoms with Crippen LogP contribution in [0.15, 0.2) is 28.1 Å². The third-order valence-electron chi connectivity index (χ3n) is 2.26. The van der Waals surface area contributed by atoms with Crippen LogP contribution in [0.3, 0.4) is 0 Å². The lowest BCUT2D eigenvalue weighted by Gasteiger charge is -1.98. The summed E-state index contributed by atoms with van der Waals surface area (Å²) in [6.07, 6.45) is 0.443. The standard InChI is InChI=1S/C12H9BrFNO2S/c13-8-3-7(4-9(14)5-8)12-15-10(6-18-12)1-2-11(16)17/h3-6H,1-2H2,(H,16,17). The molecule has 2 aromatic rings. The van der Waals surface area contributed by atoms with Gasteiger partial charge in [-0.3, -0.25) is 4.79 Å². The van der Waals surface area contributed by atoms with Crippen LogP contribution in [0.4, 0.5) is 4.39 Å². The van der Waals surface area contributed by atoms with Crippen LogP contribution in [0.25, 0.3) is 10.6 Å². The minimum Gasteiger partial charge on any atom is -0.481 e. The first-order valence-electron chi connectivity index (χ1n) is 5.17. The number of thiazole rings is 1. The van der Waals surface area contributed by atoms with Crippen molar-refractivity contribution in [3.63, 3.8) is 0 Å². The lowest BCUT2D eigenvalue weighted by atomic mass is 10.2. The molecule has 0 aliphatic heterocycles. The summed E-state index contributed by atoms with van der Waals surface area (Å²) in [5.41, 5.74) is 1.41. The number of aryl methyl sites for hydroxylation is 1. The van der Waals surface area contributed by atoms with Gasteiger partial charge < -0.3 is 5.11 Å². The molecule has 1 aromatic heterocycles. The molecule has 1 N–H and O–H groups in total. The highest BCUT2D eigenvalue weighted by Crippen LogP contribution is 2.27. The number of carboxylic acid groups (broad SMARTS) is 1. The quantitative estimate of drug-likeness (QED) is 0.929. The van der Waals surface area contributed by atoms with E-state index in [-0.39, 0.29) is 12.2 Å². The molecule has 0 unspecified atom stereocenters. The van der Waals surface area contributed by atoms with Gasteiger partial charge in [0.25, 0.3) is 0 Å². The van der Waals surface area contributed by atoms with Crippen molar-refractivity contribution < 1.29 is 14.3 Å². The Labute approximate surface area is 115 Å². The molecule has 3 nitrogen and oxygen atoms in total. The molecule has 1 heterocycles. The zero-order valence-electron chi connectivity index (χ0n) is 9.19. The van der Waals surface area contributed by atoms with E-state index in [1.165, 1.54) is 23.5 Å². The molecule has 0 aliphatic rings. The monoisotopic (exact) mass is 329 g/mol. The van der Waals surface area contributed by atoms with Gasteiger partial charge in [0.05, 0.1) is 12.1 Å². The van der Waals surface area contributed by atoms with E-state index in [1.54, 1.807) is 11.4 Å². The van der Waals surface area contributed by atoms with Gasteiger partial charge in [-0.15, -0.1) is 11.3 Å². The minimum absolute atomic E-state index is 0.0516. The van der Waals surface area contributed by atoms with Crippen LogP contribution in [0.5, 0.6) is 0 Å². The molecule has 0 atom stereocenters. The molecule has 94 valence electrons. The van der Waals surface area contributed by atoms with E-state index >= 15 is 0 Å². The minimum atomic E-state index is -0.849. The van der Waals surface area contributed by atoms with Crippen molar-refractivity contribution in [3.05, 3.63) is 39.6 Å².